The summed E-state index contributed by atoms with van der Waals surface area (Å²) >= 11 is 0. The molecule has 3 heteroatoms. The van der Waals surface area contributed by atoms with E-state index in [1.54, 1.807) is 7.11 Å². The Morgan fingerprint density at radius 1 is 1.32 bits per heavy atom. The van der Waals surface area contributed by atoms with Crippen molar-refractivity contribution in [3.63, 3.8) is 0 Å². The molecule has 1 fully saturated rings. The lowest BCUT2D eigenvalue weighted by Gasteiger charge is -2.09. The van der Waals surface area contributed by atoms with Crippen LogP contribution in [0.1, 0.15) is 42.5 Å². The van der Waals surface area contributed by atoms with Crippen molar-refractivity contribution in [3.8, 4) is 5.75 Å². The molecule has 3 atom stereocenters. The van der Waals surface area contributed by atoms with Crippen molar-refractivity contribution in [2.24, 2.45) is 5.92 Å². The van der Waals surface area contributed by atoms with E-state index in [9.17, 15) is 5.11 Å². The number of furan rings is 1. The van der Waals surface area contributed by atoms with E-state index in [4.69, 9.17) is 9.15 Å². The van der Waals surface area contributed by atoms with Gasteiger partial charge in [0.15, 0.2) is 0 Å². The minimum Gasteiger partial charge on any atom is -0.497 e. The lowest BCUT2D eigenvalue weighted by molar-refractivity contribution is 0.186. The van der Waals surface area contributed by atoms with Crippen LogP contribution in [0.2, 0.25) is 0 Å². The van der Waals surface area contributed by atoms with Gasteiger partial charge in [0.25, 0.3) is 0 Å². The zero-order valence-corrected chi connectivity index (χ0v) is 11.2. The molecule has 1 aromatic heterocycles. The smallest absolute Gasteiger partial charge is 0.137 e. The Balaban J connectivity index is 1.82. The summed E-state index contributed by atoms with van der Waals surface area (Å²) in [6.07, 6.45) is 0.445. The van der Waals surface area contributed by atoms with Gasteiger partial charge in [0.1, 0.15) is 23.4 Å². The van der Waals surface area contributed by atoms with Crippen LogP contribution in [0, 0.1) is 5.92 Å². The molecule has 1 aliphatic rings. The average molecular weight is 258 g/mol. The van der Waals surface area contributed by atoms with Crippen LogP contribution >= 0.6 is 0 Å². The zero-order chi connectivity index (χ0) is 13.4. The predicted molar refractivity (Wildman–Crippen MR) is 72.3 cm³/mol. The minimum absolute atomic E-state index is 0.534. The van der Waals surface area contributed by atoms with Gasteiger partial charge in [-0.15, -0.1) is 0 Å². The van der Waals surface area contributed by atoms with Gasteiger partial charge in [-0.05, 0) is 42.2 Å². The molecule has 1 N–H and O–H groups in total. The lowest BCUT2D eigenvalue weighted by atomic mass is 10.1. The predicted octanol–water partition coefficient (Wildman–Crippen LogP) is 3.49. The van der Waals surface area contributed by atoms with E-state index >= 15 is 0 Å². The minimum atomic E-state index is -0.738. The van der Waals surface area contributed by atoms with Gasteiger partial charge < -0.3 is 14.3 Å². The number of hydrogen-bond acceptors (Lipinski definition) is 3. The molecule has 19 heavy (non-hydrogen) atoms. The van der Waals surface area contributed by atoms with Crippen molar-refractivity contribution >= 4 is 0 Å². The second-order valence-corrected chi connectivity index (χ2v) is 5.24. The number of ether oxygens (including phenoxy) is 1. The van der Waals surface area contributed by atoms with Crippen LogP contribution < -0.4 is 4.74 Å². The van der Waals surface area contributed by atoms with Crippen molar-refractivity contribution in [1.82, 2.24) is 0 Å². The Morgan fingerprint density at radius 2 is 2.11 bits per heavy atom. The molecule has 100 valence electrons. The first kappa shape index (κ1) is 12.3. The molecule has 1 heterocycles. The van der Waals surface area contributed by atoms with E-state index in [0.29, 0.717) is 17.6 Å². The highest BCUT2D eigenvalue weighted by atomic mass is 16.5. The number of rotatable bonds is 4. The Morgan fingerprint density at radius 3 is 2.79 bits per heavy atom. The molecule has 3 nitrogen and oxygen atoms in total. The maximum Gasteiger partial charge on any atom is 0.137 e. The van der Waals surface area contributed by atoms with Crippen molar-refractivity contribution < 1.29 is 14.3 Å². The van der Waals surface area contributed by atoms with Crippen molar-refractivity contribution in [1.29, 1.82) is 0 Å². The molecule has 1 saturated carbocycles. The third-order valence-electron chi connectivity index (χ3n) is 3.80. The normalized spacial score (nSPS) is 23.1. The summed E-state index contributed by atoms with van der Waals surface area (Å²) in [7, 11) is 1.62. The van der Waals surface area contributed by atoms with Crippen LogP contribution in [0.15, 0.2) is 40.8 Å². The summed E-state index contributed by atoms with van der Waals surface area (Å²) in [5, 5.41) is 10.3. The fourth-order valence-corrected chi connectivity index (χ4v) is 2.41. The van der Waals surface area contributed by atoms with Crippen LogP contribution in [-0.4, -0.2) is 12.2 Å². The lowest BCUT2D eigenvalue weighted by Crippen LogP contribution is -1.98. The molecule has 0 bridgehead atoms. The zero-order valence-electron chi connectivity index (χ0n) is 11.2. The maximum absolute atomic E-state index is 10.3. The van der Waals surface area contributed by atoms with Gasteiger partial charge in [-0.1, -0.05) is 19.1 Å². The number of hydrogen-bond donors (Lipinski definition) is 1. The van der Waals surface area contributed by atoms with Crippen molar-refractivity contribution in [3.05, 3.63) is 53.5 Å². The molecular weight excluding hydrogens is 240 g/mol. The van der Waals surface area contributed by atoms with Gasteiger partial charge in [-0.3, -0.25) is 0 Å². The molecule has 0 radical (unpaired) electrons. The van der Waals surface area contributed by atoms with Crippen LogP contribution in [0.25, 0.3) is 0 Å². The summed E-state index contributed by atoms with van der Waals surface area (Å²) < 4.78 is 10.9. The van der Waals surface area contributed by atoms with Crippen LogP contribution in [0.3, 0.4) is 0 Å². The first-order valence-corrected chi connectivity index (χ1v) is 6.60. The van der Waals surface area contributed by atoms with Gasteiger partial charge in [-0.2, -0.15) is 0 Å². The van der Waals surface area contributed by atoms with Gasteiger partial charge in [0.2, 0.25) is 0 Å². The number of aliphatic hydroxyl groups excluding tert-OH is 1. The highest BCUT2D eigenvalue weighted by Crippen LogP contribution is 2.47. The Labute approximate surface area is 112 Å². The topological polar surface area (TPSA) is 42.6 Å². The third-order valence-corrected chi connectivity index (χ3v) is 3.80. The molecule has 0 amide bonds. The summed E-state index contributed by atoms with van der Waals surface area (Å²) in [5.74, 6) is 3.56. The summed E-state index contributed by atoms with van der Waals surface area (Å²) in [4.78, 5) is 0. The summed E-state index contributed by atoms with van der Waals surface area (Å²) in [6.45, 7) is 2.21. The summed E-state index contributed by atoms with van der Waals surface area (Å²) in [6, 6.07) is 11.3. The molecule has 3 rings (SSSR count). The summed E-state index contributed by atoms with van der Waals surface area (Å²) in [5.41, 5.74) is 0.782. The van der Waals surface area contributed by atoms with Crippen LogP contribution in [-0.2, 0) is 0 Å². The Bertz CT molecular complexity index is 573. The molecule has 2 aromatic rings. The van der Waals surface area contributed by atoms with Crippen molar-refractivity contribution in [2.45, 2.75) is 25.4 Å². The molecule has 3 unspecified atom stereocenters. The second kappa shape index (κ2) is 4.74. The molecular formula is C16H18O3. The largest absolute Gasteiger partial charge is 0.497 e. The molecule has 1 aromatic carbocycles. The van der Waals surface area contributed by atoms with E-state index in [2.05, 4.69) is 6.92 Å². The van der Waals surface area contributed by atoms with Gasteiger partial charge >= 0.3 is 0 Å². The van der Waals surface area contributed by atoms with Crippen molar-refractivity contribution in [2.75, 3.05) is 7.11 Å². The Hall–Kier alpha value is -1.74. The SMILES string of the molecule is COc1cccc(C(O)c2ccc(C3CC3C)o2)c1. The first-order valence-electron chi connectivity index (χ1n) is 6.60. The molecule has 0 spiro atoms. The fourth-order valence-electron chi connectivity index (χ4n) is 2.41. The van der Waals surface area contributed by atoms with E-state index in [1.807, 2.05) is 36.4 Å². The van der Waals surface area contributed by atoms with E-state index in [0.717, 1.165) is 17.1 Å². The van der Waals surface area contributed by atoms with Crippen LogP contribution in [0.4, 0.5) is 0 Å². The third kappa shape index (κ3) is 2.38. The first-order chi connectivity index (χ1) is 9.19. The highest BCUT2D eigenvalue weighted by molar-refractivity contribution is 5.33. The number of methoxy groups -OCH3 is 1. The van der Waals surface area contributed by atoms with E-state index < -0.39 is 6.10 Å². The van der Waals surface area contributed by atoms with Crippen LogP contribution in [0.5, 0.6) is 5.75 Å². The van der Waals surface area contributed by atoms with Gasteiger partial charge in [0.05, 0.1) is 7.11 Å². The Kier molecular flexibility index (Phi) is 3.07. The number of aliphatic hydroxyl groups is 1. The molecule has 1 aliphatic carbocycles. The van der Waals surface area contributed by atoms with E-state index in [1.165, 1.54) is 6.42 Å². The van der Waals surface area contributed by atoms with Gasteiger partial charge in [-0.25, -0.2) is 0 Å². The molecule has 0 aliphatic heterocycles. The quantitative estimate of drug-likeness (QED) is 0.912. The fraction of sp³-hybridized carbons (Fsp3) is 0.375. The van der Waals surface area contributed by atoms with Gasteiger partial charge in [0, 0.05) is 5.92 Å². The number of benzene rings is 1. The van der Waals surface area contributed by atoms with E-state index in [-0.39, 0.29) is 0 Å². The monoisotopic (exact) mass is 258 g/mol. The molecule has 0 saturated heterocycles. The standard InChI is InChI=1S/C16H18O3/c1-10-8-13(10)14-6-7-15(19-14)16(17)11-4-3-5-12(9-11)18-2/h3-7,9-10,13,16-17H,8H2,1-2H3. The highest BCUT2D eigenvalue weighted by Gasteiger charge is 2.37. The maximum atomic E-state index is 10.3. The second-order valence-electron chi connectivity index (χ2n) is 5.24. The average Bonchev–Trinajstić information content (AvgIpc) is 2.99.